The smallest absolute Gasteiger partial charge is 0.191 e. The zero-order valence-electron chi connectivity index (χ0n) is 15.3. The molecule has 136 valence electrons. The first-order valence-corrected chi connectivity index (χ1v) is 8.71. The number of nitrogens with zero attached hydrogens (tertiary/aromatic N) is 1. The van der Waals surface area contributed by atoms with Gasteiger partial charge in [0.2, 0.25) is 0 Å². The van der Waals surface area contributed by atoms with Gasteiger partial charge in [-0.1, -0.05) is 45.0 Å². The molecule has 2 rings (SSSR count). The quantitative estimate of drug-likeness (QED) is 0.356. The van der Waals surface area contributed by atoms with Crippen LogP contribution in [0.1, 0.15) is 57.8 Å². The molecule has 0 bridgehead atoms. The van der Waals surface area contributed by atoms with Crippen molar-refractivity contribution in [1.82, 2.24) is 10.6 Å². The molecule has 24 heavy (non-hydrogen) atoms. The Morgan fingerprint density at radius 2 is 1.83 bits per heavy atom. The molecule has 1 aliphatic carbocycles. The van der Waals surface area contributed by atoms with Gasteiger partial charge < -0.3 is 15.7 Å². The predicted octanol–water partition coefficient (Wildman–Crippen LogP) is 3.60. The van der Waals surface area contributed by atoms with E-state index in [0.29, 0.717) is 6.54 Å². The van der Waals surface area contributed by atoms with Crippen LogP contribution in [0.3, 0.4) is 0 Å². The highest BCUT2D eigenvalue weighted by Crippen LogP contribution is 2.27. The molecule has 1 aliphatic rings. The van der Waals surface area contributed by atoms with Crippen LogP contribution in [0.25, 0.3) is 0 Å². The summed E-state index contributed by atoms with van der Waals surface area (Å²) in [5.41, 5.74) is 2.32. The lowest BCUT2D eigenvalue weighted by molar-refractivity contribution is 0.187. The minimum atomic E-state index is -0.569. The number of aliphatic imine (C=N–C) groups is 1. The third-order valence-electron chi connectivity index (χ3n) is 4.18. The van der Waals surface area contributed by atoms with E-state index in [2.05, 4.69) is 55.5 Å². The van der Waals surface area contributed by atoms with Gasteiger partial charge in [-0.25, -0.2) is 0 Å². The van der Waals surface area contributed by atoms with E-state index in [0.717, 1.165) is 30.5 Å². The summed E-state index contributed by atoms with van der Waals surface area (Å²) in [5.74, 6) is 1.60. The van der Waals surface area contributed by atoms with Gasteiger partial charge >= 0.3 is 0 Å². The molecule has 0 amide bonds. The van der Waals surface area contributed by atoms with E-state index in [-0.39, 0.29) is 29.4 Å². The molecular weight excluding hydrogens is 413 g/mol. The predicted molar refractivity (Wildman–Crippen MR) is 112 cm³/mol. The summed E-state index contributed by atoms with van der Waals surface area (Å²) in [7, 11) is 0. The second-order valence-corrected chi connectivity index (χ2v) is 7.43. The monoisotopic (exact) mass is 445 g/mol. The Morgan fingerprint density at radius 1 is 1.21 bits per heavy atom. The second-order valence-electron chi connectivity index (χ2n) is 7.43. The number of benzene rings is 1. The van der Waals surface area contributed by atoms with Crippen LogP contribution in [0.5, 0.6) is 0 Å². The van der Waals surface area contributed by atoms with E-state index in [9.17, 15) is 5.11 Å². The summed E-state index contributed by atoms with van der Waals surface area (Å²) in [6, 6.07) is 8.20. The minimum absolute atomic E-state index is 0. The topological polar surface area (TPSA) is 56.7 Å². The van der Waals surface area contributed by atoms with Crippen molar-refractivity contribution in [2.75, 3.05) is 19.6 Å². The molecule has 1 aromatic rings. The maximum atomic E-state index is 10.4. The second kappa shape index (κ2) is 9.61. The highest BCUT2D eigenvalue weighted by Gasteiger charge is 2.21. The van der Waals surface area contributed by atoms with Crippen molar-refractivity contribution in [3.63, 3.8) is 0 Å². The van der Waals surface area contributed by atoms with Gasteiger partial charge in [-0.05, 0) is 42.2 Å². The number of hydrogen-bond donors (Lipinski definition) is 3. The van der Waals surface area contributed by atoms with E-state index < -0.39 is 6.10 Å². The lowest BCUT2D eigenvalue weighted by Crippen LogP contribution is -2.38. The molecule has 1 unspecified atom stereocenters. The first-order valence-electron chi connectivity index (χ1n) is 8.71. The van der Waals surface area contributed by atoms with Crippen molar-refractivity contribution in [3.05, 3.63) is 35.4 Å². The maximum Gasteiger partial charge on any atom is 0.191 e. The number of aliphatic hydroxyl groups is 1. The molecule has 0 aliphatic heterocycles. The highest BCUT2D eigenvalue weighted by atomic mass is 127. The van der Waals surface area contributed by atoms with E-state index in [1.807, 2.05) is 12.1 Å². The molecule has 3 N–H and O–H groups in total. The average molecular weight is 445 g/mol. The SMILES string of the molecule is CCNC(=NCC(O)c1ccc(C(C)(C)C)cc1)NCC1CC1.I. The Bertz CT molecular complexity index is 518. The van der Waals surface area contributed by atoms with Crippen molar-refractivity contribution >= 4 is 29.9 Å². The first-order chi connectivity index (χ1) is 10.9. The van der Waals surface area contributed by atoms with Crippen LogP contribution >= 0.6 is 24.0 Å². The maximum absolute atomic E-state index is 10.4. The fourth-order valence-corrected chi connectivity index (χ4v) is 2.39. The molecule has 1 atom stereocenters. The largest absolute Gasteiger partial charge is 0.386 e. The fraction of sp³-hybridized carbons (Fsp3) is 0.632. The Kier molecular flexibility index (Phi) is 8.50. The average Bonchev–Trinajstić information content (AvgIpc) is 3.33. The number of halogens is 1. The Morgan fingerprint density at radius 3 is 2.33 bits per heavy atom. The van der Waals surface area contributed by atoms with Crippen LogP contribution < -0.4 is 10.6 Å². The third kappa shape index (κ3) is 6.97. The van der Waals surface area contributed by atoms with Crippen LogP contribution in [-0.4, -0.2) is 30.7 Å². The standard InChI is InChI=1S/C19H31N3O.HI/c1-5-20-18(21-12-14-6-7-14)22-13-17(23)15-8-10-16(11-9-15)19(2,3)4;/h8-11,14,17,23H,5-7,12-13H2,1-4H3,(H2,20,21,22);1H. The summed E-state index contributed by atoms with van der Waals surface area (Å²) in [6.45, 7) is 10.8. The number of nitrogens with one attached hydrogen (secondary N) is 2. The Hall–Kier alpha value is -0.820. The lowest BCUT2D eigenvalue weighted by atomic mass is 9.86. The van der Waals surface area contributed by atoms with Crippen molar-refractivity contribution in [1.29, 1.82) is 0 Å². The summed E-state index contributed by atoms with van der Waals surface area (Å²) >= 11 is 0. The Labute approximate surface area is 163 Å². The van der Waals surface area contributed by atoms with Crippen molar-refractivity contribution in [3.8, 4) is 0 Å². The number of rotatable bonds is 6. The van der Waals surface area contributed by atoms with Gasteiger partial charge in [0.15, 0.2) is 5.96 Å². The van der Waals surface area contributed by atoms with Crippen molar-refractivity contribution in [2.24, 2.45) is 10.9 Å². The molecule has 5 heteroatoms. The zero-order valence-corrected chi connectivity index (χ0v) is 17.6. The Balaban J connectivity index is 0.00000288. The van der Waals surface area contributed by atoms with Crippen LogP contribution in [-0.2, 0) is 5.41 Å². The van der Waals surface area contributed by atoms with Crippen molar-refractivity contribution < 1.29 is 5.11 Å². The molecule has 0 saturated heterocycles. The number of guanidine groups is 1. The van der Waals surface area contributed by atoms with E-state index >= 15 is 0 Å². The van der Waals surface area contributed by atoms with Crippen LogP contribution in [0.4, 0.5) is 0 Å². The molecule has 1 saturated carbocycles. The summed E-state index contributed by atoms with van der Waals surface area (Å²) in [6.07, 6.45) is 2.06. The first kappa shape index (κ1) is 21.2. The molecule has 0 heterocycles. The zero-order chi connectivity index (χ0) is 16.9. The van der Waals surface area contributed by atoms with E-state index in [1.54, 1.807) is 0 Å². The van der Waals surface area contributed by atoms with Crippen LogP contribution in [0, 0.1) is 5.92 Å². The third-order valence-corrected chi connectivity index (χ3v) is 4.18. The van der Waals surface area contributed by atoms with Gasteiger partial charge in [0.1, 0.15) is 0 Å². The molecule has 0 spiro atoms. The van der Waals surface area contributed by atoms with E-state index in [4.69, 9.17) is 0 Å². The minimum Gasteiger partial charge on any atom is -0.386 e. The molecular formula is C19H32IN3O. The van der Waals surface area contributed by atoms with Gasteiger partial charge in [-0.15, -0.1) is 24.0 Å². The molecule has 1 aromatic carbocycles. The van der Waals surface area contributed by atoms with Crippen molar-refractivity contribution in [2.45, 2.75) is 52.1 Å². The summed E-state index contributed by atoms with van der Waals surface area (Å²) in [5, 5.41) is 16.9. The van der Waals surface area contributed by atoms with Gasteiger partial charge in [0.25, 0.3) is 0 Å². The molecule has 0 aromatic heterocycles. The summed E-state index contributed by atoms with van der Waals surface area (Å²) in [4.78, 5) is 4.51. The normalized spacial score (nSPS) is 16.3. The number of aliphatic hydroxyl groups excluding tert-OH is 1. The molecule has 0 radical (unpaired) electrons. The highest BCUT2D eigenvalue weighted by molar-refractivity contribution is 14.0. The van der Waals surface area contributed by atoms with Crippen LogP contribution in [0.15, 0.2) is 29.3 Å². The van der Waals surface area contributed by atoms with Gasteiger partial charge in [0, 0.05) is 13.1 Å². The van der Waals surface area contributed by atoms with Gasteiger partial charge in [0.05, 0.1) is 12.6 Å². The molecule has 1 fully saturated rings. The molecule has 4 nitrogen and oxygen atoms in total. The number of hydrogen-bond acceptors (Lipinski definition) is 2. The fourth-order valence-electron chi connectivity index (χ4n) is 2.39. The summed E-state index contributed by atoms with van der Waals surface area (Å²) < 4.78 is 0. The van der Waals surface area contributed by atoms with Gasteiger partial charge in [-0.3, -0.25) is 4.99 Å². The van der Waals surface area contributed by atoms with E-state index in [1.165, 1.54) is 18.4 Å². The van der Waals surface area contributed by atoms with Crippen LogP contribution in [0.2, 0.25) is 0 Å². The lowest BCUT2D eigenvalue weighted by Gasteiger charge is -2.20. The van der Waals surface area contributed by atoms with Gasteiger partial charge in [-0.2, -0.15) is 0 Å².